The Balaban J connectivity index is 1.54. The standard InChI is InChI=1S/C16H18N6O2/c1-12-7-13(20-24-12)8-21-9-14-3-6-19-22(14)11-15(10-21)23-16-17-4-2-5-18-16/h2-7,15H,8-11H2,1H3. The van der Waals surface area contributed by atoms with Gasteiger partial charge in [0.25, 0.3) is 0 Å². The summed E-state index contributed by atoms with van der Waals surface area (Å²) < 4.78 is 13.1. The van der Waals surface area contributed by atoms with Crippen LogP contribution in [0.2, 0.25) is 0 Å². The molecule has 4 rings (SSSR count). The highest BCUT2D eigenvalue weighted by molar-refractivity contribution is 5.07. The molecule has 1 aliphatic heterocycles. The number of fused-ring (bicyclic) bond motifs is 1. The molecule has 124 valence electrons. The van der Waals surface area contributed by atoms with Crippen LogP contribution in [0.25, 0.3) is 0 Å². The van der Waals surface area contributed by atoms with Crippen molar-refractivity contribution in [3.05, 3.63) is 53.9 Å². The Labute approximate surface area is 139 Å². The van der Waals surface area contributed by atoms with E-state index in [1.54, 1.807) is 18.5 Å². The second-order valence-electron chi connectivity index (χ2n) is 5.87. The van der Waals surface area contributed by atoms with Gasteiger partial charge in [0.2, 0.25) is 0 Å². The van der Waals surface area contributed by atoms with Crippen LogP contribution in [0.1, 0.15) is 17.1 Å². The molecule has 0 spiro atoms. The molecule has 0 bridgehead atoms. The zero-order chi connectivity index (χ0) is 16.4. The van der Waals surface area contributed by atoms with Crippen molar-refractivity contribution in [1.82, 2.24) is 29.8 Å². The molecule has 3 aromatic rings. The van der Waals surface area contributed by atoms with E-state index in [1.807, 2.05) is 29.9 Å². The summed E-state index contributed by atoms with van der Waals surface area (Å²) in [5.41, 5.74) is 2.06. The Morgan fingerprint density at radius 2 is 2.12 bits per heavy atom. The van der Waals surface area contributed by atoms with Crippen molar-refractivity contribution in [2.75, 3.05) is 6.54 Å². The van der Waals surface area contributed by atoms with Crippen molar-refractivity contribution >= 4 is 0 Å². The van der Waals surface area contributed by atoms with E-state index in [0.717, 1.165) is 30.2 Å². The van der Waals surface area contributed by atoms with Crippen molar-refractivity contribution < 1.29 is 9.26 Å². The predicted octanol–water partition coefficient (Wildman–Crippen LogP) is 1.43. The first-order valence-corrected chi connectivity index (χ1v) is 7.85. The second kappa shape index (κ2) is 6.40. The third-order valence-corrected chi connectivity index (χ3v) is 3.91. The molecule has 0 aliphatic carbocycles. The smallest absolute Gasteiger partial charge is 0.316 e. The molecule has 0 fully saturated rings. The molecule has 0 saturated carbocycles. The van der Waals surface area contributed by atoms with Crippen LogP contribution in [0.3, 0.4) is 0 Å². The van der Waals surface area contributed by atoms with Crippen molar-refractivity contribution in [2.45, 2.75) is 32.7 Å². The molecule has 0 aromatic carbocycles. The van der Waals surface area contributed by atoms with Crippen LogP contribution in [-0.4, -0.2) is 42.5 Å². The summed E-state index contributed by atoms with van der Waals surface area (Å²) in [6.07, 6.45) is 5.07. The van der Waals surface area contributed by atoms with E-state index in [4.69, 9.17) is 9.26 Å². The molecular weight excluding hydrogens is 308 g/mol. The average Bonchev–Trinajstić information content (AvgIpc) is 3.14. The molecule has 0 amide bonds. The largest absolute Gasteiger partial charge is 0.457 e. The predicted molar refractivity (Wildman–Crippen MR) is 84.0 cm³/mol. The quantitative estimate of drug-likeness (QED) is 0.717. The van der Waals surface area contributed by atoms with E-state index >= 15 is 0 Å². The van der Waals surface area contributed by atoms with Crippen molar-refractivity contribution in [3.8, 4) is 6.01 Å². The van der Waals surface area contributed by atoms with Gasteiger partial charge in [-0.3, -0.25) is 9.58 Å². The van der Waals surface area contributed by atoms with Gasteiger partial charge in [-0.25, -0.2) is 9.97 Å². The fourth-order valence-electron chi connectivity index (χ4n) is 2.90. The van der Waals surface area contributed by atoms with Gasteiger partial charge in [0, 0.05) is 44.3 Å². The Hall–Kier alpha value is -2.74. The van der Waals surface area contributed by atoms with Crippen LogP contribution >= 0.6 is 0 Å². The van der Waals surface area contributed by atoms with Crippen molar-refractivity contribution in [3.63, 3.8) is 0 Å². The molecule has 24 heavy (non-hydrogen) atoms. The van der Waals surface area contributed by atoms with Crippen LogP contribution in [0.4, 0.5) is 0 Å². The molecule has 0 N–H and O–H groups in total. The Bertz CT molecular complexity index is 800. The highest BCUT2D eigenvalue weighted by atomic mass is 16.5. The number of aromatic nitrogens is 5. The van der Waals surface area contributed by atoms with Gasteiger partial charge in [-0.05, 0) is 19.1 Å². The summed E-state index contributed by atoms with van der Waals surface area (Å²) in [6, 6.07) is 6.14. The number of rotatable bonds is 4. The van der Waals surface area contributed by atoms with E-state index in [2.05, 4.69) is 25.1 Å². The monoisotopic (exact) mass is 326 g/mol. The first kappa shape index (κ1) is 14.8. The number of ether oxygens (including phenoxy) is 1. The second-order valence-corrected chi connectivity index (χ2v) is 5.87. The molecule has 8 nitrogen and oxygen atoms in total. The Morgan fingerprint density at radius 3 is 2.92 bits per heavy atom. The van der Waals surface area contributed by atoms with Gasteiger partial charge in [0.05, 0.1) is 17.9 Å². The highest BCUT2D eigenvalue weighted by Crippen LogP contribution is 2.17. The molecule has 3 aromatic heterocycles. The van der Waals surface area contributed by atoms with Crippen molar-refractivity contribution in [2.24, 2.45) is 0 Å². The summed E-state index contributed by atoms with van der Waals surface area (Å²) in [4.78, 5) is 10.6. The first-order chi connectivity index (χ1) is 11.8. The molecule has 8 heteroatoms. The van der Waals surface area contributed by atoms with Gasteiger partial charge in [-0.1, -0.05) is 5.16 Å². The van der Waals surface area contributed by atoms with Gasteiger partial charge < -0.3 is 9.26 Å². The topological polar surface area (TPSA) is 82.1 Å². The number of hydrogen-bond acceptors (Lipinski definition) is 7. The van der Waals surface area contributed by atoms with E-state index in [9.17, 15) is 0 Å². The summed E-state index contributed by atoms with van der Waals surface area (Å²) in [6.45, 7) is 4.76. The van der Waals surface area contributed by atoms with Crippen LogP contribution < -0.4 is 4.74 Å². The van der Waals surface area contributed by atoms with Crippen molar-refractivity contribution in [1.29, 1.82) is 0 Å². The van der Waals surface area contributed by atoms with Crippen LogP contribution in [-0.2, 0) is 19.6 Å². The van der Waals surface area contributed by atoms with Gasteiger partial charge in [-0.2, -0.15) is 5.10 Å². The lowest BCUT2D eigenvalue weighted by Gasteiger charge is -2.22. The summed E-state index contributed by atoms with van der Waals surface area (Å²) >= 11 is 0. The Kier molecular flexibility index (Phi) is 3.96. The molecule has 1 aliphatic rings. The van der Waals surface area contributed by atoms with E-state index in [1.165, 1.54) is 0 Å². The lowest BCUT2D eigenvalue weighted by molar-refractivity contribution is 0.111. The van der Waals surface area contributed by atoms with Gasteiger partial charge in [0.1, 0.15) is 11.9 Å². The normalized spacial score (nSPS) is 18.1. The zero-order valence-electron chi connectivity index (χ0n) is 13.4. The summed E-state index contributed by atoms with van der Waals surface area (Å²) in [7, 11) is 0. The first-order valence-electron chi connectivity index (χ1n) is 7.85. The maximum atomic E-state index is 5.97. The third kappa shape index (κ3) is 3.28. The SMILES string of the molecule is Cc1cc(CN2Cc3ccnn3CC(Oc3ncccn3)C2)no1. The average molecular weight is 326 g/mol. The molecular formula is C16H18N6O2. The minimum Gasteiger partial charge on any atom is -0.457 e. The van der Waals surface area contributed by atoms with Crippen LogP contribution in [0, 0.1) is 6.92 Å². The molecule has 1 unspecified atom stereocenters. The molecule has 1 atom stereocenters. The van der Waals surface area contributed by atoms with E-state index in [0.29, 0.717) is 19.1 Å². The lowest BCUT2D eigenvalue weighted by atomic mass is 10.3. The number of hydrogen-bond donors (Lipinski definition) is 0. The minimum atomic E-state index is -0.0958. The van der Waals surface area contributed by atoms with E-state index in [-0.39, 0.29) is 6.10 Å². The molecule has 0 radical (unpaired) electrons. The van der Waals surface area contributed by atoms with Crippen LogP contribution in [0.15, 0.2) is 41.3 Å². The maximum absolute atomic E-state index is 5.97. The highest BCUT2D eigenvalue weighted by Gasteiger charge is 2.25. The van der Waals surface area contributed by atoms with Crippen LogP contribution in [0.5, 0.6) is 6.01 Å². The lowest BCUT2D eigenvalue weighted by Crippen LogP contribution is -2.35. The summed E-state index contributed by atoms with van der Waals surface area (Å²) in [5, 5.41) is 8.48. The molecule has 4 heterocycles. The molecule has 0 saturated heterocycles. The van der Waals surface area contributed by atoms with E-state index < -0.39 is 0 Å². The minimum absolute atomic E-state index is 0.0958. The Morgan fingerprint density at radius 1 is 1.25 bits per heavy atom. The van der Waals surface area contributed by atoms with Gasteiger partial charge in [0.15, 0.2) is 0 Å². The zero-order valence-corrected chi connectivity index (χ0v) is 13.4. The fourth-order valence-corrected chi connectivity index (χ4v) is 2.90. The number of nitrogens with zero attached hydrogens (tertiary/aromatic N) is 6. The maximum Gasteiger partial charge on any atom is 0.316 e. The number of aryl methyl sites for hydroxylation is 1. The fraction of sp³-hybridized carbons (Fsp3) is 0.375. The third-order valence-electron chi connectivity index (χ3n) is 3.91. The van der Waals surface area contributed by atoms with Gasteiger partial charge >= 0.3 is 6.01 Å². The van der Waals surface area contributed by atoms with Gasteiger partial charge in [-0.15, -0.1) is 0 Å². The summed E-state index contributed by atoms with van der Waals surface area (Å²) in [5.74, 6) is 0.815.